The second-order valence-corrected chi connectivity index (χ2v) is 8.04. The molecule has 5 rings (SSSR count). The lowest BCUT2D eigenvalue weighted by Gasteiger charge is -2.28. The van der Waals surface area contributed by atoms with Gasteiger partial charge < -0.3 is 19.3 Å². The first-order chi connectivity index (χ1) is 14.8. The minimum absolute atomic E-state index is 0.200. The Kier molecular flexibility index (Phi) is 5.50. The van der Waals surface area contributed by atoms with Crippen molar-refractivity contribution in [1.29, 1.82) is 0 Å². The molecule has 1 unspecified atom stereocenters. The van der Waals surface area contributed by atoms with Crippen LogP contribution in [0.1, 0.15) is 19.3 Å². The normalized spacial score (nSPS) is 20.6. The molecule has 0 radical (unpaired) electrons. The fraction of sp³-hybridized carbons (Fsp3) is 0.500. The van der Waals surface area contributed by atoms with Crippen molar-refractivity contribution in [2.45, 2.75) is 25.4 Å². The number of ether oxygens (including phenoxy) is 2. The standard InChI is InChI=1S/C22H28N6O2/c1-29-18-7-5-17(6-8-18)20-13-21(22-24-23-16-28(22)25-20)27-11-4-12-30-19(15-27)14-26-9-2-3-10-26/h5-8,13,16,19H,2-4,9-12,14-15H2,1H3. The quantitative estimate of drug-likeness (QED) is 0.642. The molecule has 8 nitrogen and oxygen atoms in total. The molecule has 1 aromatic carbocycles. The second-order valence-electron chi connectivity index (χ2n) is 8.04. The lowest BCUT2D eigenvalue weighted by atomic mass is 10.1. The van der Waals surface area contributed by atoms with Crippen molar-refractivity contribution in [2.75, 3.05) is 51.3 Å². The number of rotatable bonds is 5. The summed E-state index contributed by atoms with van der Waals surface area (Å²) in [6.07, 6.45) is 5.46. The van der Waals surface area contributed by atoms with Gasteiger partial charge >= 0.3 is 0 Å². The summed E-state index contributed by atoms with van der Waals surface area (Å²) in [5.41, 5.74) is 3.77. The molecule has 30 heavy (non-hydrogen) atoms. The predicted molar refractivity (Wildman–Crippen MR) is 115 cm³/mol. The fourth-order valence-electron chi connectivity index (χ4n) is 4.42. The molecule has 0 N–H and O–H groups in total. The van der Waals surface area contributed by atoms with Gasteiger partial charge in [-0.2, -0.15) is 9.61 Å². The van der Waals surface area contributed by atoms with Crippen molar-refractivity contribution in [2.24, 2.45) is 0 Å². The van der Waals surface area contributed by atoms with Crippen LogP contribution < -0.4 is 9.64 Å². The molecule has 4 heterocycles. The lowest BCUT2D eigenvalue weighted by molar-refractivity contribution is 0.0451. The number of aromatic nitrogens is 4. The highest BCUT2D eigenvalue weighted by molar-refractivity contribution is 5.74. The Morgan fingerprint density at radius 3 is 2.73 bits per heavy atom. The van der Waals surface area contributed by atoms with Crippen molar-refractivity contribution >= 4 is 11.3 Å². The topological polar surface area (TPSA) is 68.0 Å². The average molecular weight is 409 g/mol. The molecule has 2 saturated heterocycles. The maximum Gasteiger partial charge on any atom is 0.200 e. The molecule has 0 spiro atoms. The minimum Gasteiger partial charge on any atom is -0.497 e. The van der Waals surface area contributed by atoms with Crippen molar-refractivity contribution in [3.8, 4) is 17.0 Å². The molecular weight excluding hydrogens is 380 g/mol. The van der Waals surface area contributed by atoms with Crippen LogP contribution in [0.2, 0.25) is 0 Å². The Balaban J connectivity index is 1.46. The van der Waals surface area contributed by atoms with Gasteiger partial charge in [0.05, 0.1) is 24.6 Å². The fourth-order valence-corrected chi connectivity index (χ4v) is 4.42. The summed E-state index contributed by atoms with van der Waals surface area (Å²) in [5, 5.41) is 13.2. The Morgan fingerprint density at radius 1 is 1.10 bits per heavy atom. The largest absolute Gasteiger partial charge is 0.497 e. The summed E-state index contributed by atoms with van der Waals surface area (Å²) >= 11 is 0. The molecule has 2 aromatic heterocycles. The van der Waals surface area contributed by atoms with E-state index in [1.165, 1.54) is 25.9 Å². The van der Waals surface area contributed by atoms with Gasteiger partial charge in [0.15, 0.2) is 0 Å². The van der Waals surface area contributed by atoms with Gasteiger partial charge in [-0.3, -0.25) is 0 Å². The molecule has 2 aliphatic heterocycles. The van der Waals surface area contributed by atoms with Crippen LogP contribution in [0.3, 0.4) is 0 Å². The van der Waals surface area contributed by atoms with E-state index >= 15 is 0 Å². The number of hydrogen-bond donors (Lipinski definition) is 0. The van der Waals surface area contributed by atoms with E-state index in [4.69, 9.17) is 14.6 Å². The van der Waals surface area contributed by atoms with Crippen molar-refractivity contribution in [1.82, 2.24) is 24.7 Å². The molecule has 2 aliphatic rings. The SMILES string of the molecule is COc1ccc(-c2cc(N3CCCOC(CN4CCCC4)C3)c3nncn3n2)cc1. The molecule has 0 bridgehead atoms. The molecule has 158 valence electrons. The van der Waals surface area contributed by atoms with E-state index in [1.807, 2.05) is 24.3 Å². The van der Waals surface area contributed by atoms with Crippen molar-refractivity contribution < 1.29 is 9.47 Å². The monoisotopic (exact) mass is 408 g/mol. The Bertz CT molecular complexity index is 983. The van der Waals surface area contributed by atoms with E-state index in [-0.39, 0.29) is 6.10 Å². The zero-order chi connectivity index (χ0) is 20.3. The lowest BCUT2D eigenvalue weighted by Crippen LogP contribution is -2.39. The Hall–Kier alpha value is -2.71. The van der Waals surface area contributed by atoms with Crippen LogP contribution in [0.15, 0.2) is 36.7 Å². The van der Waals surface area contributed by atoms with E-state index in [1.54, 1.807) is 18.0 Å². The van der Waals surface area contributed by atoms with Crippen LogP contribution in [0.4, 0.5) is 5.69 Å². The van der Waals surface area contributed by atoms with E-state index in [0.29, 0.717) is 0 Å². The van der Waals surface area contributed by atoms with E-state index in [9.17, 15) is 0 Å². The molecule has 0 saturated carbocycles. The van der Waals surface area contributed by atoms with Crippen LogP contribution in [-0.2, 0) is 4.74 Å². The average Bonchev–Trinajstić information content (AvgIpc) is 3.41. The Morgan fingerprint density at radius 2 is 1.93 bits per heavy atom. The van der Waals surface area contributed by atoms with Crippen molar-refractivity contribution in [3.05, 3.63) is 36.7 Å². The van der Waals surface area contributed by atoms with Gasteiger partial charge in [0.25, 0.3) is 0 Å². The van der Waals surface area contributed by atoms with Crippen LogP contribution >= 0.6 is 0 Å². The molecule has 8 heteroatoms. The van der Waals surface area contributed by atoms with Gasteiger partial charge in [0, 0.05) is 31.8 Å². The van der Waals surface area contributed by atoms with E-state index in [0.717, 1.165) is 61.0 Å². The van der Waals surface area contributed by atoms with Crippen molar-refractivity contribution in [3.63, 3.8) is 0 Å². The summed E-state index contributed by atoms with van der Waals surface area (Å²) in [6, 6.07) is 10.1. The molecular formula is C22H28N6O2. The smallest absolute Gasteiger partial charge is 0.200 e. The number of nitrogens with zero attached hydrogens (tertiary/aromatic N) is 6. The van der Waals surface area contributed by atoms with Gasteiger partial charge in [0.2, 0.25) is 5.65 Å². The highest BCUT2D eigenvalue weighted by Gasteiger charge is 2.25. The van der Waals surface area contributed by atoms with E-state index in [2.05, 4.69) is 26.1 Å². The number of likely N-dealkylation sites (tertiary alicyclic amines) is 1. The zero-order valence-electron chi connectivity index (χ0n) is 17.4. The number of hydrogen-bond acceptors (Lipinski definition) is 7. The highest BCUT2D eigenvalue weighted by atomic mass is 16.5. The molecule has 2 fully saturated rings. The first kappa shape index (κ1) is 19.3. The van der Waals surface area contributed by atoms with E-state index < -0.39 is 0 Å². The summed E-state index contributed by atoms with van der Waals surface area (Å²) in [5.74, 6) is 0.832. The third-order valence-electron chi connectivity index (χ3n) is 5.99. The third kappa shape index (κ3) is 3.97. The summed E-state index contributed by atoms with van der Waals surface area (Å²) < 4.78 is 13.3. The Labute approximate surface area is 176 Å². The number of fused-ring (bicyclic) bond motifs is 1. The zero-order valence-corrected chi connectivity index (χ0v) is 17.4. The van der Waals surface area contributed by atoms with Gasteiger partial charge in [0.1, 0.15) is 12.1 Å². The molecule has 0 aliphatic carbocycles. The second kappa shape index (κ2) is 8.57. The van der Waals surface area contributed by atoms with Gasteiger partial charge in [-0.05, 0) is 62.7 Å². The maximum absolute atomic E-state index is 6.19. The first-order valence-electron chi connectivity index (χ1n) is 10.7. The van der Waals surface area contributed by atoms with Crippen LogP contribution in [0, 0.1) is 0 Å². The van der Waals surface area contributed by atoms with Gasteiger partial charge in [-0.1, -0.05) is 0 Å². The number of benzene rings is 1. The molecule has 0 amide bonds. The van der Waals surface area contributed by atoms with Gasteiger partial charge in [-0.15, -0.1) is 10.2 Å². The molecule has 1 atom stereocenters. The number of methoxy groups -OCH3 is 1. The summed E-state index contributed by atoms with van der Waals surface area (Å²) in [6.45, 7) is 5.96. The van der Waals surface area contributed by atoms with Crippen LogP contribution in [0.25, 0.3) is 16.9 Å². The summed E-state index contributed by atoms with van der Waals surface area (Å²) in [7, 11) is 1.68. The third-order valence-corrected chi connectivity index (χ3v) is 5.99. The minimum atomic E-state index is 0.200. The first-order valence-corrected chi connectivity index (χ1v) is 10.7. The predicted octanol–water partition coefficient (Wildman–Crippen LogP) is 2.49. The maximum atomic E-state index is 6.19. The molecule has 3 aromatic rings. The highest BCUT2D eigenvalue weighted by Crippen LogP contribution is 2.28. The van der Waals surface area contributed by atoms with Crippen LogP contribution in [-0.4, -0.2) is 77.3 Å². The van der Waals surface area contributed by atoms with Crippen LogP contribution in [0.5, 0.6) is 5.75 Å². The summed E-state index contributed by atoms with van der Waals surface area (Å²) in [4.78, 5) is 4.92. The number of anilines is 1. The van der Waals surface area contributed by atoms with Gasteiger partial charge in [-0.25, -0.2) is 0 Å².